The molecule has 0 bridgehead atoms. The van der Waals surface area contributed by atoms with E-state index in [-0.39, 0.29) is 25.3 Å². The van der Waals surface area contributed by atoms with Crippen molar-refractivity contribution in [3.05, 3.63) is 0 Å². The smallest absolute Gasteiger partial charge is 0.326 e. The summed E-state index contributed by atoms with van der Waals surface area (Å²) < 4.78 is 0. The molecule has 33 heavy (non-hydrogen) atoms. The number of rotatable bonds is 17. The molecule has 0 radical (unpaired) electrons. The molecule has 15 heteroatoms. The van der Waals surface area contributed by atoms with Gasteiger partial charge in [-0.15, -0.1) is 0 Å². The molecular formula is C18H34N8O7. The Morgan fingerprint density at radius 2 is 1.52 bits per heavy atom. The molecule has 0 heterocycles. The summed E-state index contributed by atoms with van der Waals surface area (Å²) in [6.07, 6.45) is 0.968. The van der Waals surface area contributed by atoms with E-state index in [1.54, 1.807) is 0 Å². The van der Waals surface area contributed by atoms with Crippen molar-refractivity contribution in [2.24, 2.45) is 27.9 Å². The third-order valence-corrected chi connectivity index (χ3v) is 4.31. The van der Waals surface area contributed by atoms with Gasteiger partial charge in [0.05, 0.1) is 19.0 Å². The number of nitrogens with two attached hydrogens (primary N) is 4. The lowest BCUT2D eigenvalue weighted by atomic mass is 10.1. The molecule has 0 saturated carbocycles. The number of unbranched alkanes of at least 4 members (excludes halogenated alkanes) is 1. The molecule has 3 unspecified atom stereocenters. The number of carboxylic acid groups (broad SMARTS) is 2. The van der Waals surface area contributed by atoms with E-state index in [0.29, 0.717) is 25.8 Å². The van der Waals surface area contributed by atoms with Crippen LogP contribution in [-0.4, -0.2) is 83.6 Å². The molecule has 3 atom stereocenters. The SMILES string of the molecule is NCCCCC(NC(=O)C(N)CC(=O)O)C(=O)NCC(=O)NC(CCCN=C(N)N)C(=O)O. The van der Waals surface area contributed by atoms with Crippen molar-refractivity contribution in [1.82, 2.24) is 16.0 Å². The van der Waals surface area contributed by atoms with Gasteiger partial charge < -0.3 is 49.1 Å². The van der Waals surface area contributed by atoms with Crippen LogP contribution in [-0.2, 0) is 24.0 Å². The van der Waals surface area contributed by atoms with E-state index in [1.807, 2.05) is 0 Å². The van der Waals surface area contributed by atoms with Crippen molar-refractivity contribution >= 4 is 35.6 Å². The first-order chi connectivity index (χ1) is 15.5. The molecule has 0 aliphatic carbocycles. The van der Waals surface area contributed by atoms with E-state index in [0.717, 1.165) is 0 Å². The Morgan fingerprint density at radius 1 is 0.879 bits per heavy atom. The number of guanidine groups is 1. The predicted molar refractivity (Wildman–Crippen MR) is 118 cm³/mol. The van der Waals surface area contributed by atoms with Crippen LogP contribution in [0.15, 0.2) is 4.99 Å². The van der Waals surface area contributed by atoms with Gasteiger partial charge in [0.2, 0.25) is 17.7 Å². The molecule has 0 spiro atoms. The van der Waals surface area contributed by atoms with Gasteiger partial charge >= 0.3 is 11.9 Å². The first-order valence-electron chi connectivity index (χ1n) is 10.3. The minimum Gasteiger partial charge on any atom is -0.481 e. The summed E-state index contributed by atoms with van der Waals surface area (Å²) in [6, 6.07) is -3.64. The molecule has 0 saturated heterocycles. The summed E-state index contributed by atoms with van der Waals surface area (Å²) in [6.45, 7) is 0.0108. The highest BCUT2D eigenvalue weighted by Crippen LogP contribution is 2.03. The third kappa shape index (κ3) is 14.3. The fourth-order valence-corrected chi connectivity index (χ4v) is 2.62. The maximum Gasteiger partial charge on any atom is 0.326 e. The number of carbonyl (C=O) groups excluding carboxylic acids is 3. The van der Waals surface area contributed by atoms with Gasteiger partial charge in [0.15, 0.2) is 5.96 Å². The monoisotopic (exact) mass is 474 g/mol. The van der Waals surface area contributed by atoms with Crippen LogP contribution < -0.4 is 38.9 Å². The van der Waals surface area contributed by atoms with Crippen molar-refractivity contribution in [2.75, 3.05) is 19.6 Å². The Hall–Kier alpha value is -3.46. The Morgan fingerprint density at radius 3 is 2.06 bits per heavy atom. The van der Waals surface area contributed by atoms with Gasteiger partial charge in [0.25, 0.3) is 0 Å². The molecule has 0 aromatic carbocycles. The van der Waals surface area contributed by atoms with Gasteiger partial charge in [0, 0.05) is 6.54 Å². The minimum atomic E-state index is -1.36. The van der Waals surface area contributed by atoms with Crippen molar-refractivity contribution in [1.29, 1.82) is 0 Å². The maximum atomic E-state index is 12.5. The van der Waals surface area contributed by atoms with Gasteiger partial charge in [-0.05, 0) is 38.6 Å². The predicted octanol–water partition coefficient (Wildman–Crippen LogP) is -3.86. The molecule has 188 valence electrons. The normalized spacial score (nSPS) is 13.2. The Bertz CT molecular complexity index is 712. The van der Waals surface area contributed by atoms with Crippen molar-refractivity contribution in [2.45, 2.75) is 56.7 Å². The summed E-state index contributed by atoms with van der Waals surface area (Å²) in [7, 11) is 0. The molecule has 0 aromatic rings. The standard InChI is InChI=1S/C18H34N8O7/c19-6-2-1-4-11(26-15(30)10(20)8-14(28)29)16(31)24-9-13(27)25-12(17(32)33)5-3-7-23-18(21)22/h10-12H,1-9,19-20H2,(H,24,31)(H,25,27)(H,26,30)(H,28,29)(H,32,33)(H4,21,22,23). The van der Waals surface area contributed by atoms with Crippen LogP contribution >= 0.6 is 0 Å². The first-order valence-corrected chi connectivity index (χ1v) is 10.3. The molecular weight excluding hydrogens is 440 g/mol. The number of aliphatic imine (C=N–C) groups is 1. The van der Waals surface area contributed by atoms with E-state index in [4.69, 9.17) is 28.0 Å². The fraction of sp³-hybridized carbons (Fsp3) is 0.667. The number of carboxylic acids is 2. The Balaban J connectivity index is 4.83. The van der Waals surface area contributed by atoms with Crippen LogP contribution in [0.5, 0.6) is 0 Å². The van der Waals surface area contributed by atoms with Gasteiger partial charge in [-0.2, -0.15) is 0 Å². The highest BCUT2D eigenvalue weighted by molar-refractivity contribution is 5.93. The number of amides is 3. The van der Waals surface area contributed by atoms with E-state index < -0.39 is 60.8 Å². The second-order valence-electron chi connectivity index (χ2n) is 7.17. The van der Waals surface area contributed by atoms with E-state index in [2.05, 4.69) is 20.9 Å². The zero-order valence-corrected chi connectivity index (χ0v) is 18.3. The lowest BCUT2D eigenvalue weighted by Crippen LogP contribution is -2.53. The van der Waals surface area contributed by atoms with Gasteiger partial charge in [0.1, 0.15) is 12.1 Å². The summed E-state index contributed by atoms with van der Waals surface area (Å²) in [5.41, 5.74) is 21.3. The van der Waals surface area contributed by atoms with Crippen LogP contribution in [0.1, 0.15) is 38.5 Å². The number of nitrogens with zero attached hydrogens (tertiary/aromatic N) is 1. The average Bonchev–Trinajstić information content (AvgIpc) is 2.72. The summed E-state index contributed by atoms with van der Waals surface area (Å²) in [5.74, 6) is -4.97. The van der Waals surface area contributed by atoms with Crippen LogP contribution in [0.2, 0.25) is 0 Å². The van der Waals surface area contributed by atoms with E-state index in [1.165, 1.54) is 0 Å². The van der Waals surface area contributed by atoms with Crippen LogP contribution in [0.3, 0.4) is 0 Å². The summed E-state index contributed by atoms with van der Waals surface area (Å²) in [5, 5.41) is 24.9. The highest BCUT2D eigenvalue weighted by atomic mass is 16.4. The number of nitrogens with one attached hydrogen (secondary N) is 3. The fourth-order valence-electron chi connectivity index (χ4n) is 2.62. The molecule has 13 N–H and O–H groups in total. The van der Waals surface area contributed by atoms with E-state index >= 15 is 0 Å². The third-order valence-electron chi connectivity index (χ3n) is 4.31. The van der Waals surface area contributed by atoms with Gasteiger partial charge in [-0.1, -0.05) is 0 Å². The number of hydrogen-bond acceptors (Lipinski definition) is 8. The lowest BCUT2D eigenvalue weighted by molar-refractivity contribution is -0.142. The van der Waals surface area contributed by atoms with Gasteiger partial charge in [-0.3, -0.25) is 24.2 Å². The van der Waals surface area contributed by atoms with E-state index in [9.17, 15) is 29.1 Å². The lowest BCUT2D eigenvalue weighted by Gasteiger charge is -2.20. The molecule has 0 aliphatic rings. The molecule has 0 rings (SSSR count). The van der Waals surface area contributed by atoms with Crippen LogP contribution in [0, 0.1) is 0 Å². The zero-order chi connectivity index (χ0) is 25.4. The second-order valence-corrected chi connectivity index (χ2v) is 7.17. The molecule has 3 amide bonds. The van der Waals surface area contributed by atoms with Crippen molar-refractivity contribution in [3.63, 3.8) is 0 Å². The number of hydrogen-bond donors (Lipinski definition) is 9. The average molecular weight is 475 g/mol. The number of carbonyl (C=O) groups is 5. The quantitative estimate of drug-likeness (QED) is 0.0558. The molecule has 0 aromatic heterocycles. The van der Waals surface area contributed by atoms with Crippen molar-refractivity contribution in [3.8, 4) is 0 Å². The molecule has 0 aliphatic heterocycles. The van der Waals surface area contributed by atoms with Crippen molar-refractivity contribution < 1.29 is 34.2 Å². The Kier molecular flexibility index (Phi) is 14.5. The van der Waals surface area contributed by atoms with Crippen LogP contribution in [0.25, 0.3) is 0 Å². The summed E-state index contributed by atoms with van der Waals surface area (Å²) in [4.78, 5) is 62.4. The zero-order valence-electron chi connectivity index (χ0n) is 18.3. The topological polar surface area (TPSA) is 278 Å². The largest absolute Gasteiger partial charge is 0.481 e. The van der Waals surface area contributed by atoms with Crippen LogP contribution in [0.4, 0.5) is 0 Å². The first kappa shape index (κ1) is 29.5. The number of aliphatic carboxylic acids is 2. The highest BCUT2D eigenvalue weighted by Gasteiger charge is 2.25. The minimum absolute atomic E-state index is 0.0606. The summed E-state index contributed by atoms with van der Waals surface area (Å²) >= 11 is 0. The second kappa shape index (κ2) is 16.2. The maximum absolute atomic E-state index is 12.5. The molecule has 0 fully saturated rings. The Labute approximate surface area is 190 Å². The molecule has 15 nitrogen and oxygen atoms in total. The van der Waals surface area contributed by atoms with Gasteiger partial charge in [-0.25, -0.2) is 4.79 Å².